The van der Waals surface area contributed by atoms with Crippen LogP contribution in [-0.4, -0.2) is 38.2 Å². The number of rotatable bonds is 5. The average molecular weight is 552 g/mol. The standard InChI is InChI=1S/C26H19F7N4O2/c27-16-9-11-17(12-10-16)36(24(39)26(31,32)33)14-19-34-37-21(22(38)25(28,29)30)20(15-6-2-1-3-7-15)18-8-4-5-13-35(19)23(18)37/h1-3,6-7,9-12H,4-5,8,13-14H2. The maximum Gasteiger partial charge on any atom is 0.471 e. The van der Waals surface area contributed by atoms with Gasteiger partial charge in [0.2, 0.25) is 0 Å². The monoisotopic (exact) mass is 552 g/mol. The Morgan fingerprint density at radius 2 is 1.56 bits per heavy atom. The first kappa shape index (κ1) is 26.4. The highest BCUT2D eigenvalue weighted by Crippen LogP contribution is 2.39. The van der Waals surface area contributed by atoms with Gasteiger partial charge in [-0.3, -0.25) is 14.5 Å². The Labute approximate surface area is 216 Å². The van der Waals surface area contributed by atoms with E-state index in [9.17, 15) is 40.3 Å². The second kappa shape index (κ2) is 9.54. The molecule has 0 atom stereocenters. The van der Waals surface area contributed by atoms with Gasteiger partial charge in [-0.05, 0) is 49.1 Å². The number of carbonyl (C=O) groups excluding carboxylic acids is 2. The Bertz CT molecular complexity index is 1550. The highest BCUT2D eigenvalue weighted by molar-refractivity contribution is 6.07. The fraction of sp³-hybridized carbons (Fsp3) is 0.269. The van der Waals surface area contributed by atoms with Crippen LogP contribution in [-0.2, 0) is 24.3 Å². The van der Waals surface area contributed by atoms with Crippen molar-refractivity contribution in [3.63, 3.8) is 0 Å². The SMILES string of the molecule is O=C(c1c(-c2ccccc2)c2c3n(c(CN(C(=O)C(F)(F)F)c4ccc(F)cc4)nn13)CCCC2)C(F)(F)F. The van der Waals surface area contributed by atoms with Gasteiger partial charge in [0.25, 0.3) is 5.78 Å². The molecule has 0 saturated carbocycles. The molecule has 39 heavy (non-hydrogen) atoms. The summed E-state index contributed by atoms with van der Waals surface area (Å²) in [5, 5.41) is 4.18. The van der Waals surface area contributed by atoms with Crippen LogP contribution in [0.1, 0.15) is 34.7 Å². The normalized spacial score (nSPS) is 13.9. The highest BCUT2D eigenvalue weighted by Gasteiger charge is 2.46. The predicted molar refractivity (Wildman–Crippen MR) is 126 cm³/mol. The summed E-state index contributed by atoms with van der Waals surface area (Å²) in [6.07, 6.45) is -9.20. The molecule has 0 saturated heterocycles. The van der Waals surface area contributed by atoms with Gasteiger partial charge in [0.15, 0.2) is 5.82 Å². The van der Waals surface area contributed by atoms with Crippen LogP contribution in [0.3, 0.4) is 0 Å². The molecule has 5 rings (SSSR count). The Morgan fingerprint density at radius 1 is 0.897 bits per heavy atom. The van der Waals surface area contributed by atoms with E-state index in [4.69, 9.17) is 0 Å². The van der Waals surface area contributed by atoms with Gasteiger partial charge in [0.1, 0.15) is 17.2 Å². The molecule has 0 radical (unpaired) electrons. The molecule has 0 N–H and O–H groups in total. The fourth-order valence-corrected chi connectivity index (χ4v) is 4.88. The van der Waals surface area contributed by atoms with Gasteiger partial charge < -0.3 is 4.57 Å². The number of hydrogen-bond acceptors (Lipinski definition) is 3. The molecule has 1 aliphatic rings. The number of amides is 1. The molecule has 1 aliphatic heterocycles. The fourth-order valence-electron chi connectivity index (χ4n) is 4.88. The minimum Gasteiger partial charge on any atom is -0.311 e. The number of ketones is 1. The minimum absolute atomic E-state index is 0.0596. The van der Waals surface area contributed by atoms with Crippen molar-refractivity contribution in [1.29, 1.82) is 0 Å². The van der Waals surface area contributed by atoms with Gasteiger partial charge in [-0.2, -0.15) is 31.4 Å². The quantitative estimate of drug-likeness (QED) is 0.222. The van der Waals surface area contributed by atoms with E-state index in [1.807, 2.05) is 0 Å². The number of nitrogens with zero attached hydrogens (tertiary/aromatic N) is 4. The number of aromatic nitrogens is 3. The summed E-state index contributed by atoms with van der Waals surface area (Å²) in [5.41, 5.74) is -0.0705. The summed E-state index contributed by atoms with van der Waals surface area (Å²) < 4.78 is 97.6. The van der Waals surface area contributed by atoms with Crippen molar-refractivity contribution in [1.82, 2.24) is 14.2 Å². The molecule has 4 aromatic rings. The van der Waals surface area contributed by atoms with Crippen molar-refractivity contribution < 1.29 is 40.3 Å². The first-order valence-corrected chi connectivity index (χ1v) is 11.8. The molecule has 0 aliphatic carbocycles. The number of halogens is 7. The molecule has 13 heteroatoms. The number of anilines is 1. The first-order valence-electron chi connectivity index (χ1n) is 11.8. The lowest BCUT2D eigenvalue weighted by molar-refractivity contribution is -0.170. The molecule has 2 aromatic carbocycles. The molecule has 0 fully saturated rings. The molecule has 204 valence electrons. The maximum absolute atomic E-state index is 13.8. The lowest BCUT2D eigenvalue weighted by atomic mass is 9.97. The molecule has 0 spiro atoms. The second-order valence-electron chi connectivity index (χ2n) is 9.02. The third-order valence-electron chi connectivity index (χ3n) is 6.52. The van der Waals surface area contributed by atoms with Crippen LogP contribution >= 0.6 is 0 Å². The van der Waals surface area contributed by atoms with Crippen molar-refractivity contribution in [3.05, 3.63) is 77.5 Å². The average Bonchev–Trinajstić information content (AvgIpc) is 3.27. The van der Waals surface area contributed by atoms with Gasteiger partial charge in [0, 0.05) is 23.4 Å². The van der Waals surface area contributed by atoms with E-state index in [1.54, 1.807) is 30.3 Å². The van der Waals surface area contributed by atoms with Crippen LogP contribution in [0.4, 0.5) is 36.4 Å². The van der Waals surface area contributed by atoms with Gasteiger partial charge in [-0.15, -0.1) is 0 Å². The topological polar surface area (TPSA) is 59.6 Å². The number of alkyl halides is 6. The second-order valence-corrected chi connectivity index (χ2v) is 9.02. The highest BCUT2D eigenvalue weighted by atomic mass is 19.4. The summed E-state index contributed by atoms with van der Waals surface area (Å²) >= 11 is 0. The van der Waals surface area contributed by atoms with Gasteiger partial charge in [-0.1, -0.05) is 30.3 Å². The van der Waals surface area contributed by atoms with Gasteiger partial charge >= 0.3 is 18.3 Å². The van der Waals surface area contributed by atoms with E-state index in [2.05, 4.69) is 5.10 Å². The molecule has 6 nitrogen and oxygen atoms in total. The summed E-state index contributed by atoms with van der Waals surface area (Å²) in [6, 6.07) is 11.7. The van der Waals surface area contributed by atoms with E-state index in [1.165, 1.54) is 4.57 Å². The number of carbonyl (C=O) groups is 2. The summed E-state index contributed by atoms with van der Waals surface area (Å²) in [7, 11) is 0. The molecular formula is C26H19F7N4O2. The Kier molecular flexibility index (Phi) is 6.47. The first-order chi connectivity index (χ1) is 18.4. The molecular weight excluding hydrogens is 533 g/mol. The molecule has 2 aromatic heterocycles. The van der Waals surface area contributed by atoms with Crippen LogP contribution < -0.4 is 4.90 Å². The Hall–Kier alpha value is -4.16. The van der Waals surface area contributed by atoms with Gasteiger partial charge in [-0.25, -0.2) is 8.91 Å². The van der Waals surface area contributed by atoms with Crippen molar-refractivity contribution in [2.75, 3.05) is 4.90 Å². The zero-order valence-electron chi connectivity index (χ0n) is 20.0. The number of aryl methyl sites for hydroxylation is 2. The van der Waals surface area contributed by atoms with E-state index >= 15 is 0 Å². The van der Waals surface area contributed by atoms with E-state index < -0.39 is 42.1 Å². The molecule has 0 bridgehead atoms. The number of hydrogen-bond donors (Lipinski definition) is 0. The zero-order valence-corrected chi connectivity index (χ0v) is 20.0. The molecule has 0 unspecified atom stereocenters. The van der Waals surface area contributed by atoms with Crippen molar-refractivity contribution >= 4 is 23.0 Å². The van der Waals surface area contributed by atoms with Crippen LogP contribution in [0.15, 0.2) is 54.6 Å². The number of benzene rings is 2. The minimum atomic E-state index is -5.30. The summed E-state index contributed by atoms with van der Waals surface area (Å²) in [4.78, 5) is 25.4. The largest absolute Gasteiger partial charge is 0.471 e. The van der Waals surface area contributed by atoms with Crippen molar-refractivity contribution in [2.45, 2.75) is 44.7 Å². The van der Waals surface area contributed by atoms with E-state index in [-0.39, 0.29) is 29.3 Å². The van der Waals surface area contributed by atoms with Crippen molar-refractivity contribution in [2.24, 2.45) is 0 Å². The van der Waals surface area contributed by atoms with Gasteiger partial charge in [0.05, 0.1) is 6.54 Å². The lowest BCUT2D eigenvalue weighted by Crippen LogP contribution is -2.41. The van der Waals surface area contributed by atoms with E-state index in [0.717, 1.165) is 28.8 Å². The van der Waals surface area contributed by atoms with Crippen molar-refractivity contribution in [3.8, 4) is 11.1 Å². The summed E-state index contributed by atoms with van der Waals surface area (Å²) in [5.74, 6) is -5.32. The van der Waals surface area contributed by atoms with E-state index in [0.29, 0.717) is 35.3 Å². The smallest absolute Gasteiger partial charge is 0.311 e. The predicted octanol–water partition coefficient (Wildman–Crippen LogP) is 6.12. The van der Waals surface area contributed by atoms with Crippen LogP contribution in [0.2, 0.25) is 0 Å². The lowest BCUT2D eigenvalue weighted by Gasteiger charge is -2.23. The Morgan fingerprint density at radius 3 is 2.18 bits per heavy atom. The van der Waals surface area contributed by atoms with Crippen LogP contribution in [0.5, 0.6) is 0 Å². The van der Waals surface area contributed by atoms with Crippen LogP contribution in [0, 0.1) is 5.82 Å². The zero-order chi connectivity index (χ0) is 28.1. The molecule has 3 heterocycles. The molecule has 1 amide bonds. The summed E-state index contributed by atoms with van der Waals surface area (Å²) in [6.45, 7) is -0.605. The van der Waals surface area contributed by atoms with Crippen LogP contribution in [0.25, 0.3) is 16.8 Å². The third kappa shape index (κ3) is 4.77. The maximum atomic E-state index is 13.8. The third-order valence-corrected chi connectivity index (χ3v) is 6.52. The Balaban J connectivity index is 1.74. The number of Topliss-reactive ketones (excluding diaryl/α,β-unsaturated/α-hetero) is 1.